The molecule has 0 bridgehead atoms. The molecule has 4 rings (SSSR count). The van der Waals surface area contributed by atoms with Crippen molar-refractivity contribution in [1.82, 2.24) is 4.98 Å². The lowest BCUT2D eigenvalue weighted by molar-refractivity contribution is -0.115. The van der Waals surface area contributed by atoms with Crippen molar-refractivity contribution in [3.8, 4) is 0 Å². The van der Waals surface area contributed by atoms with Crippen molar-refractivity contribution < 1.29 is 9.59 Å². The first-order valence-corrected chi connectivity index (χ1v) is 12.2. The van der Waals surface area contributed by atoms with Crippen LogP contribution in [-0.2, 0) is 4.79 Å². The third-order valence-corrected chi connectivity index (χ3v) is 7.02. The molecule has 0 aliphatic rings. The second-order valence-electron chi connectivity index (χ2n) is 7.18. The molecule has 1 atom stereocenters. The highest BCUT2D eigenvalue weighted by atomic mass is 35.5. The molecular weight excluding hydrogens is 474 g/mol. The van der Waals surface area contributed by atoms with Crippen molar-refractivity contribution in [2.75, 3.05) is 10.6 Å². The number of aryl methyl sites for hydroxylation is 1. The standard InChI is InChI=1S/C25H20ClN3O2S2/c1-16-15-32-25(27-16)29-24(31)22(17-6-3-2-4-7-17)33-21-12-10-20(11-13-21)28-23(30)18-8-5-9-19(26)14-18/h2-15,22H,1H3,(H,28,30)(H,27,29,31). The quantitative estimate of drug-likeness (QED) is 0.277. The number of aromatic nitrogens is 1. The van der Waals surface area contributed by atoms with Crippen molar-refractivity contribution >= 4 is 57.3 Å². The lowest BCUT2D eigenvalue weighted by Crippen LogP contribution is -2.19. The number of halogens is 1. The fourth-order valence-electron chi connectivity index (χ4n) is 3.07. The van der Waals surface area contributed by atoms with Crippen LogP contribution >= 0.6 is 34.7 Å². The van der Waals surface area contributed by atoms with Crippen LogP contribution in [0.15, 0.2) is 89.1 Å². The molecule has 1 aromatic heterocycles. The van der Waals surface area contributed by atoms with Gasteiger partial charge >= 0.3 is 0 Å². The Kier molecular flexibility index (Phi) is 7.44. The SMILES string of the molecule is Cc1csc(NC(=O)C(Sc2ccc(NC(=O)c3cccc(Cl)c3)cc2)c2ccccc2)n1. The molecule has 0 spiro atoms. The predicted molar refractivity (Wildman–Crippen MR) is 136 cm³/mol. The van der Waals surface area contributed by atoms with Crippen molar-refractivity contribution in [2.45, 2.75) is 17.1 Å². The molecule has 0 radical (unpaired) electrons. The molecule has 0 saturated heterocycles. The van der Waals surface area contributed by atoms with E-state index < -0.39 is 5.25 Å². The zero-order chi connectivity index (χ0) is 23.2. The summed E-state index contributed by atoms with van der Waals surface area (Å²) in [7, 11) is 0. The van der Waals surface area contributed by atoms with Crippen LogP contribution in [0.25, 0.3) is 0 Å². The van der Waals surface area contributed by atoms with Crippen LogP contribution in [0.1, 0.15) is 26.9 Å². The van der Waals surface area contributed by atoms with Crippen LogP contribution < -0.4 is 10.6 Å². The summed E-state index contributed by atoms with van der Waals surface area (Å²) in [6.45, 7) is 1.89. The maximum atomic E-state index is 13.1. The van der Waals surface area contributed by atoms with Crippen LogP contribution in [0.2, 0.25) is 5.02 Å². The van der Waals surface area contributed by atoms with Crippen molar-refractivity contribution in [3.63, 3.8) is 0 Å². The van der Waals surface area contributed by atoms with Gasteiger partial charge in [-0.2, -0.15) is 0 Å². The lowest BCUT2D eigenvalue weighted by atomic mass is 10.1. The van der Waals surface area contributed by atoms with E-state index in [9.17, 15) is 9.59 Å². The van der Waals surface area contributed by atoms with E-state index in [1.165, 1.54) is 23.1 Å². The van der Waals surface area contributed by atoms with Crippen LogP contribution in [0, 0.1) is 6.92 Å². The van der Waals surface area contributed by atoms with Crippen LogP contribution in [-0.4, -0.2) is 16.8 Å². The zero-order valence-electron chi connectivity index (χ0n) is 17.6. The van der Waals surface area contributed by atoms with Gasteiger partial charge in [-0.05, 0) is 55.0 Å². The number of benzene rings is 3. The van der Waals surface area contributed by atoms with Crippen LogP contribution in [0.3, 0.4) is 0 Å². The second kappa shape index (κ2) is 10.7. The molecule has 0 aliphatic heterocycles. The molecule has 2 amide bonds. The first-order valence-electron chi connectivity index (χ1n) is 10.1. The van der Waals surface area contributed by atoms with Crippen LogP contribution in [0.4, 0.5) is 10.8 Å². The van der Waals surface area contributed by atoms with Gasteiger partial charge in [0.25, 0.3) is 5.91 Å². The average Bonchev–Trinajstić information content (AvgIpc) is 3.23. The highest BCUT2D eigenvalue weighted by Crippen LogP contribution is 2.37. The smallest absolute Gasteiger partial charge is 0.255 e. The zero-order valence-corrected chi connectivity index (χ0v) is 20.0. The Morgan fingerprint density at radius 1 is 0.970 bits per heavy atom. The summed E-state index contributed by atoms with van der Waals surface area (Å²) < 4.78 is 0. The number of hydrogen-bond acceptors (Lipinski definition) is 5. The Hall–Kier alpha value is -3.13. The highest BCUT2D eigenvalue weighted by Gasteiger charge is 2.23. The molecule has 0 fully saturated rings. The summed E-state index contributed by atoms with van der Waals surface area (Å²) in [6, 6.07) is 23.8. The van der Waals surface area contributed by atoms with E-state index >= 15 is 0 Å². The molecule has 5 nitrogen and oxygen atoms in total. The number of hydrogen-bond donors (Lipinski definition) is 2. The minimum absolute atomic E-state index is 0.140. The molecule has 4 aromatic rings. The monoisotopic (exact) mass is 493 g/mol. The van der Waals surface area contributed by atoms with Gasteiger partial charge in [0, 0.05) is 26.5 Å². The van der Waals surface area contributed by atoms with Crippen molar-refractivity contribution in [1.29, 1.82) is 0 Å². The van der Waals surface area contributed by atoms with Gasteiger partial charge in [0.2, 0.25) is 5.91 Å². The summed E-state index contributed by atoms with van der Waals surface area (Å²) in [4.78, 5) is 30.8. The summed E-state index contributed by atoms with van der Waals surface area (Å²) in [5, 5.41) is 8.32. The number of rotatable bonds is 7. The Morgan fingerprint density at radius 2 is 1.73 bits per heavy atom. The van der Waals surface area contributed by atoms with Gasteiger partial charge in [-0.1, -0.05) is 48.0 Å². The van der Waals surface area contributed by atoms with E-state index in [1.54, 1.807) is 24.3 Å². The van der Waals surface area contributed by atoms with E-state index in [1.807, 2.05) is 66.9 Å². The van der Waals surface area contributed by atoms with Gasteiger partial charge in [-0.25, -0.2) is 4.98 Å². The van der Waals surface area contributed by atoms with Crippen molar-refractivity contribution in [3.05, 3.63) is 106 Å². The molecule has 3 aromatic carbocycles. The average molecular weight is 494 g/mol. The van der Waals surface area contributed by atoms with Crippen molar-refractivity contribution in [2.24, 2.45) is 0 Å². The number of carbonyl (C=O) groups excluding carboxylic acids is 2. The van der Waals surface area contributed by atoms with E-state index in [0.29, 0.717) is 21.4 Å². The number of thioether (sulfide) groups is 1. The van der Waals surface area contributed by atoms with Crippen LogP contribution in [0.5, 0.6) is 0 Å². The minimum atomic E-state index is -0.456. The first-order chi connectivity index (χ1) is 16.0. The normalized spacial score (nSPS) is 11.6. The Balaban J connectivity index is 1.48. The van der Waals surface area contributed by atoms with E-state index in [0.717, 1.165) is 16.2 Å². The van der Waals surface area contributed by atoms with Gasteiger partial charge < -0.3 is 10.6 Å². The number of nitrogens with zero attached hydrogens (tertiary/aromatic N) is 1. The van der Waals surface area contributed by atoms with E-state index in [-0.39, 0.29) is 11.8 Å². The largest absolute Gasteiger partial charge is 0.322 e. The molecule has 1 unspecified atom stereocenters. The van der Waals surface area contributed by atoms with Gasteiger partial charge in [-0.15, -0.1) is 23.1 Å². The molecule has 0 aliphatic carbocycles. The van der Waals surface area contributed by atoms with Gasteiger partial charge in [0.15, 0.2) is 5.13 Å². The molecular formula is C25H20ClN3O2S2. The maximum absolute atomic E-state index is 13.1. The molecule has 2 N–H and O–H groups in total. The van der Waals surface area contributed by atoms with Gasteiger partial charge in [-0.3, -0.25) is 9.59 Å². The summed E-state index contributed by atoms with van der Waals surface area (Å²) >= 11 is 8.81. The second-order valence-corrected chi connectivity index (χ2v) is 9.65. The summed E-state index contributed by atoms with van der Waals surface area (Å²) in [5.41, 5.74) is 2.91. The molecule has 0 saturated carbocycles. The van der Waals surface area contributed by atoms with E-state index in [2.05, 4.69) is 15.6 Å². The van der Waals surface area contributed by atoms with E-state index in [4.69, 9.17) is 11.6 Å². The molecule has 8 heteroatoms. The highest BCUT2D eigenvalue weighted by molar-refractivity contribution is 8.00. The molecule has 33 heavy (non-hydrogen) atoms. The Labute approximate surface area is 205 Å². The lowest BCUT2D eigenvalue weighted by Gasteiger charge is -2.16. The number of nitrogens with one attached hydrogen (secondary N) is 2. The fraction of sp³-hybridized carbons (Fsp3) is 0.0800. The fourth-order valence-corrected chi connectivity index (χ4v) is 4.97. The minimum Gasteiger partial charge on any atom is -0.322 e. The maximum Gasteiger partial charge on any atom is 0.255 e. The topological polar surface area (TPSA) is 71.1 Å². The van der Waals surface area contributed by atoms with Gasteiger partial charge in [0.05, 0.1) is 5.69 Å². The first kappa shape index (κ1) is 23.0. The molecule has 1 heterocycles. The summed E-state index contributed by atoms with van der Waals surface area (Å²) in [6.07, 6.45) is 0. The third-order valence-electron chi connectivity index (χ3n) is 4.64. The third kappa shape index (κ3) is 6.22. The Bertz CT molecular complexity index is 1260. The predicted octanol–water partition coefficient (Wildman–Crippen LogP) is 6.83. The number of thiazole rings is 1. The summed E-state index contributed by atoms with van der Waals surface area (Å²) in [5.74, 6) is -0.378. The Morgan fingerprint density at radius 3 is 2.39 bits per heavy atom. The number of anilines is 2. The number of carbonyl (C=O) groups is 2. The van der Waals surface area contributed by atoms with Gasteiger partial charge in [0.1, 0.15) is 5.25 Å². The number of amides is 2. The molecule has 166 valence electrons.